The van der Waals surface area contributed by atoms with Gasteiger partial charge in [0.15, 0.2) is 0 Å². The molecule has 3 rings (SSSR count). The summed E-state index contributed by atoms with van der Waals surface area (Å²) in [5.74, 6) is 0.810. The number of nitrogens with zero attached hydrogens (tertiary/aromatic N) is 3. The Hall–Kier alpha value is -2.10. The van der Waals surface area contributed by atoms with Crippen molar-refractivity contribution < 1.29 is 4.79 Å². The van der Waals surface area contributed by atoms with E-state index in [1.807, 2.05) is 24.1 Å². The highest BCUT2D eigenvalue weighted by atomic mass is 16.2. The summed E-state index contributed by atoms with van der Waals surface area (Å²) in [6, 6.07) is 12.6. The molecule has 23 heavy (non-hydrogen) atoms. The Morgan fingerprint density at radius 1 is 1.26 bits per heavy atom. The third-order valence-electron chi connectivity index (χ3n) is 4.63. The fourth-order valence-corrected chi connectivity index (χ4v) is 3.33. The number of aromatic nitrogens is 2. The maximum absolute atomic E-state index is 12.5. The van der Waals surface area contributed by atoms with Crippen LogP contribution in [0.2, 0.25) is 0 Å². The summed E-state index contributed by atoms with van der Waals surface area (Å²) >= 11 is 0. The predicted octanol–water partition coefficient (Wildman–Crippen LogP) is 3.06. The van der Waals surface area contributed by atoms with E-state index in [2.05, 4.69) is 35.4 Å². The molecule has 0 spiro atoms. The zero-order chi connectivity index (χ0) is 16.1. The van der Waals surface area contributed by atoms with E-state index in [4.69, 9.17) is 0 Å². The van der Waals surface area contributed by atoms with Crippen LogP contribution >= 0.6 is 0 Å². The number of piperidine rings is 1. The van der Waals surface area contributed by atoms with Crippen LogP contribution in [0.5, 0.6) is 0 Å². The third kappa shape index (κ3) is 4.44. The first kappa shape index (κ1) is 15.8. The summed E-state index contributed by atoms with van der Waals surface area (Å²) in [4.78, 5) is 14.5. The molecule has 1 aromatic carbocycles. The van der Waals surface area contributed by atoms with Crippen molar-refractivity contribution in [3.8, 4) is 0 Å². The van der Waals surface area contributed by atoms with E-state index in [1.54, 1.807) is 4.68 Å². The molecule has 4 heteroatoms. The van der Waals surface area contributed by atoms with Crippen LogP contribution in [0.15, 0.2) is 42.6 Å². The van der Waals surface area contributed by atoms with Crippen molar-refractivity contribution in [2.45, 2.75) is 39.2 Å². The van der Waals surface area contributed by atoms with Crippen molar-refractivity contribution in [2.24, 2.45) is 5.92 Å². The topological polar surface area (TPSA) is 38.1 Å². The molecule has 1 unspecified atom stereocenters. The van der Waals surface area contributed by atoms with Crippen LogP contribution in [0.25, 0.3) is 0 Å². The molecule has 2 heterocycles. The van der Waals surface area contributed by atoms with Crippen molar-refractivity contribution in [3.05, 3.63) is 53.9 Å². The number of hydrogen-bond acceptors (Lipinski definition) is 2. The van der Waals surface area contributed by atoms with Gasteiger partial charge in [0.1, 0.15) is 6.54 Å². The van der Waals surface area contributed by atoms with Crippen LogP contribution in [0.3, 0.4) is 0 Å². The highest BCUT2D eigenvalue weighted by Crippen LogP contribution is 2.22. The Morgan fingerprint density at radius 2 is 2.09 bits per heavy atom. The molecule has 2 aromatic rings. The summed E-state index contributed by atoms with van der Waals surface area (Å²) in [7, 11) is 0. The van der Waals surface area contributed by atoms with Crippen LogP contribution in [-0.2, 0) is 17.8 Å². The zero-order valence-corrected chi connectivity index (χ0v) is 13.8. The van der Waals surface area contributed by atoms with Crippen LogP contribution in [0.1, 0.15) is 30.5 Å². The number of rotatable bonds is 5. The van der Waals surface area contributed by atoms with Crippen LogP contribution in [-0.4, -0.2) is 33.7 Å². The van der Waals surface area contributed by atoms with Gasteiger partial charge in [-0.05, 0) is 50.2 Å². The second-order valence-corrected chi connectivity index (χ2v) is 6.53. The summed E-state index contributed by atoms with van der Waals surface area (Å²) in [5.41, 5.74) is 2.35. The Kier molecular flexibility index (Phi) is 5.11. The first-order valence-corrected chi connectivity index (χ1v) is 8.52. The van der Waals surface area contributed by atoms with E-state index in [0.717, 1.165) is 38.0 Å². The molecule has 0 aliphatic carbocycles. The highest BCUT2D eigenvalue weighted by Gasteiger charge is 2.23. The monoisotopic (exact) mass is 311 g/mol. The van der Waals surface area contributed by atoms with E-state index in [9.17, 15) is 4.79 Å². The molecule has 4 nitrogen and oxygen atoms in total. The Labute approximate surface area is 138 Å². The Morgan fingerprint density at radius 3 is 2.83 bits per heavy atom. The van der Waals surface area contributed by atoms with Gasteiger partial charge in [-0.15, -0.1) is 0 Å². The molecule has 1 amide bonds. The number of hydrogen-bond donors (Lipinski definition) is 0. The molecule has 1 aromatic heterocycles. The molecule has 0 bridgehead atoms. The van der Waals surface area contributed by atoms with Crippen molar-refractivity contribution >= 4 is 5.91 Å². The minimum atomic E-state index is 0.192. The molecule has 122 valence electrons. The second-order valence-electron chi connectivity index (χ2n) is 6.53. The number of carbonyl (C=O) groups is 1. The Balaban J connectivity index is 1.50. The highest BCUT2D eigenvalue weighted by molar-refractivity contribution is 5.76. The summed E-state index contributed by atoms with van der Waals surface area (Å²) in [5, 5.41) is 4.31. The number of likely N-dealkylation sites (tertiary alicyclic amines) is 1. The summed E-state index contributed by atoms with van der Waals surface area (Å²) in [6.07, 6.45) is 6.49. The minimum absolute atomic E-state index is 0.192. The van der Waals surface area contributed by atoms with E-state index in [0.29, 0.717) is 12.5 Å². The quantitative estimate of drug-likeness (QED) is 0.851. The van der Waals surface area contributed by atoms with Crippen molar-refractivity contribution in [1.82, 2.24) is 14.7 Å². The Bertz CT molecular complexity index is 635. The van der Waals surface area contributed by atoms with Gasteiger partial charge in [0, 0.05) is 19.3 Å². The number of benzene rings is 1. The molecule has 1 fully saturated rings. The number of aryl methyl sites for hydroxylation is 2. The van der Waals surface area contributed by atoms with Crippen LogP contribution in [0, 0.1) is 12.8 Å². The smallest absolute Gasteiger partial charge is 0.244 e. The standard InChI is InChI=1S/C19H25N3O/c1-16-11-13-22(20-16)15-19(23)21-12-5-8-18(14-21)10-9-17-6-3-2-4-7-17/h2-4,6-7,11,13,18H,5,8-10,12,14-15H2,1H3. The molecule has 1 aliphatic heterocycles. The fourth-order valence-electron chi connectivity index (χ4n) is 3.33. The van der Waals surface area contributed by atoms with Gasteiger partial charge in [-0.1, -0.05) is 30.3 Å². The van der Waals surface area contributed by atoms with Gasteiger partial charge >= 0.3 is 0 Å². The van der Waals surface area contributed by atoms with Gasteiger partial charge in [-0.2, -0.15) is 5.10 Å². The molecule has 1 atom stereocenters. The number of carbonyl (C=O) groups excluding carboxylic acids is 1. The SMILES string of the molecule is Cc1ccn(CC(=O)N2CCCC(CCc3ccccc3)C2)n1. The lowest BCUT2D eigenvalue weighted by Gasteiger charge is -2.33. The van der Waals surface area contributed by atoms with Crippen LogP contribution in [0.4, 0.5) is 0 Å². The van der Waals surface area contributed by atoms with Gasteiger partial charge in [0.05, 0.1) is 5.69 Å². The van der Waals surface area contributed by atoms with Gasteiger partial charge in [0.2, 0.25) is 5.91 Å². The predicted molar refractivity (Wildman–Crippen MR) is 91.0 cm³/mol. The molecule has 0 saturated carbocycles. The average Bonchev–Trinajstić information content (AvgIpc) is 2.99. The zero-order valence-electron chi connectivity index (χ0n) is 13.8. The van der Waals surface area contributed by atoms with Crippen LogP contribution < -0.4 is 0 Å². The molecule has 1 aliphatic rings. The minimum Gasteiger partial charge on any atom is -0.341 e. The fraction of sp³-hybridized carbons (Fsp3) is 0.474. The summed E-state index contributed by atoms with van der Waals surface area (Å²) in [6.45, 7) is 4.09. The maximum atomic E-state index is 12.5. The van der Waals surface area contributed by atoms with E-state index < -0.39 is 0 Å². The van der Waals surface area contributed by atoms with E-state index in [1.165, 1.54) is 12.0 Å². The summed E-state index contributed by atoms with van der Waals surface area (Å²) < 4.78 is 1.74. The molecule has 0 N–H and O–H groups in total. The average molecular weight is 311 g/mol. The first-order valence-electron chi connectivity index (χ1n) is 8.52. The third-order valence-corrected chi connectivity index (χ3v) is 4.63. The normalized spacial score (nSPS) is 18.1. The largest absolute Gasteiger partial charge is 0.341 e. The molecular weight excluding hydrogens is 286 g/mol. The molecule has 0 radical (unpaired) electrons. The van der Waals surface area contributed by atoms with Crippen molar-refractivity contribution in [3.63, 3.8) is 0 Å². The lowest BCUT2D eigenvalue weighted by molar-refractivity contribution is -0.133. The molecule has 1 saturated heterocycles. The van der Waals surface area contributed by atoms with Gasteiger partial charge in [-0.3, -0.25) is 9.48 Å². The second kappa shape index (κ2) is 7.44. The van der Waals surface area contributed by atoms with Gasteiger partial charge < -0.3 is 4.90 Å². The van der Waals surface area contributed by atoms with E-state index >= 15 is 0 Å². The number of amides is 1. The maximum Gasteiger partial charge on any atom is 0.244 e. The lowest BCUT2D eigenvalue weighted by atomic mass is 9.91. The van der Waals surface area contributed by atoms with Crippen molar-refractivity contribution in [2.75, 3.05) is 13.1 Å². The van der Waals surface area contributed by atoms with E-state index in [-0.39, 0.29) is 5.91 Å². The lowest BCUT2D eigenvalue weighted by Crippen LogP contribution is -2.41. The van der Waals surface area contributed by atoms with Crippen molar-refractivity contribution in [1.29, 1.82) is 0 Å². The molecular formula is C19H25N3O. The van der Waals surface area contributed by atoms with Gasteiger partial charge in [-0.25, -0.2) is 0 Å². The first-order chi connectivity index (χ1) is 11.2. The van der Waals surface area contributed by atoms with Gasteiger partial charge in [0.25, 0.3) is 0 Å².